The quantitative estimate of drug-likeness (QED) is 0.464. The standard InChI is InChI=1S/C25H19ClN2/c1-25-21-13-6-5-10-18(21)14-15-22(25)23(27-24(26)28-25)20-12-7-11-19(16-20)17-8-3-2-4-9-17/h2-16,22H,1H3. The second-order valence-corrected chi connectivity index (χ2v) is 7.73. The highest BCUT2D eigenvalue weighted by Crippen LogP contribution is 2.45. The maximum absolute atomic E-state index is 6.43. The van der Waals surface area contributed by atoms with E-state index in [0.29, 0.717) is 5.29 Å². The van der Waals surface area contributed by atoms with Crippen LogP contribution in [0.2, 0.25) is 0 Å². The van der Waals surface area contributed by atoms with Crippen molar-refractivity contribution in [3.8, 4) is 11.1 Å². The van der Waals surface area contributed by atoms with Crippen molar-refractivity contribution in [3.63, 3.8) is 0 Å². The minimum atomic E-state index is -0.456. The van der Waals surface area contributed by atoms with Crippen LogP contribution in [0.1, 0.15) is 23.6 Å². The maximum atomic E-state index is 6.43. The van der Waals surface area contributed by atoms with Gasteiger partial charge in [0.15, 0.2) is 0 Å². The number of benzene rings is 3. The minimum Gasteiger partial charge on any atom is -0.244 e. The first-order valence-corrected chi connectivity index (χ1v) is 9.80. The molecule has 0 saturated heterocycles. The second kappa shape index (κ2) is 6.57. The predicted octanol–water partition coefficient (Wildman–Crippen LogP) is 6.31. The zero-order valence-electron chi connectivity index (χ0n) is 15.5. The van der Waals surface area contributed by atoms with Gasteiger partial charge in [-0.25, -0.2) is 9.98 Å². The van der Waals surface area contributed by atoms with E-state index in [9.17, 15) is 0 Å². The summed E-state index contributed by atoms with van der Waals surface area (Å²) in [7, 11) is 0. The molecule has 0 aromatic heterocycles. The first kappa shape index (κ1) is 17.2. The van der Waals surface area contributed by atoms with Gasteiger partial charge in [0.2, 0.25) is 5.29 Å². The van der Waals surface area contributed by atoms with E-state index >= 15 is 0 Å². The molecule has 5 rings (SSSR count). The Balaban J connectivity index is 1.64. The van der Waals surface area contributed by atoms with Gasteiger partial charge in [-0.3, -0.25) is 0 Å². The van der Waals surface area contributed by atoms with Crippen LogP contribution in [0.25, 0.3) is 17.2 Å². The average molecular weight is 383 g/mol. The van der Waals surface area contributed by atoms with Gasteiger partial charge in [-0.2, -0.15) is 0 Å². The number of nitrogens with zero attached hydrogens (tertiary/aromatic N) is 2. The van der Waals surface area contributed by atoms with Crippen LogP contribution in [0.15, 0.2) is 94.9 Å². The van der Waals surface area contributed by atoms with Crippen LogP contribution in [0, 0.1) is 5.92 Å². The summed E-state index contributed by atoms with van der Waals surface area (Å²) >= 11 is 6.43. The lowest BCUT2D eigenvalue weighted by Gasteiger charge is -2.39. The molecule has 3 aromatic carbocycles. The normalized spacial score (nSPS) is 22.7. The van der Waals surface area contributed by atoms with Crippen molar-refractivity contribution < 1.29 is 0 Å². The summed E-state index contributed by atoms with van der Waals surface area (Å²) in [4.78, 5) is 9.45. The molecule has 0 amide bonds. The van der Waals surface area contributed by atoms with Crippen molar-refractivity contribution in [2.45, 2.75) is 12.5 Å². The molecule has 2 aliphatic rings. The number of amidine groups is 1. The molecule has 1 aliphatic heterocycles. The van der Waals surface area contributed by atoms with Crippen LogP contribution in [0.3, 0.4) is 0 Å². The van der Waals surface area contributed by atoms with E-state index in [1.807, 2.05) is 6.07 Å². The van der Waals surface area contributed by atoms with Crippen molar-refractivity contribution >= 4 is 28.7 Å². The third kappa shape index (κ3) is 2.73. The molecule has 2 unspecified atom stereocenters. The fraction of sp³-hybridized carbons (Fsp3) is 0.120. The monoisotopic (exact) mass is 382 g/mol. The number of hydrogen-bond acceptors (Lipinski definition) is 2. The molecular formula is C25H19ClN2. The fourth-order valence-corrected chi connectivity index (χ4v) is 4.53. The molecule has 1 aliphatic carbocycles. The van der Waals surface area contributed by atoms with Crippen molar-refractivity contribution in [1.29, 1.82) is 0 Å². The lowest BCUT2D eigenvalue weighted by molar-refractivity contribution is 0.433. The van der Waals surface area contributed by atoms with Crippen molar-refractivity contribution in [2.24, 2.45) is 15.9 Å². The highest BCUT2D eigenvalue weighted by atomic mass is 35.5. The largest absolute Gasteiger partial charge is 0.244 e. The second-order valence-electron chi connectivity index (χ2n) is 7.40. The SMILES string of the molecule is CC12N=C(Cl)N=C(c3cccc(-c4ccccc4)c3)C1C=Cc1ccccc12. The molecule has 1 heterocycles. The summed E-state index contributed by atoms with van der Waals surface area (Å²) in [6.07, 6.45) is 4.39. The van der Waals surface area contributed by atoms with Crippen LogP contribution >= 0.6 is 11.6 Å². The lowest BCUT2D eigenvalue weighted by atomic mass is 9.70. The molecular weight excluding hydrogens is 364 g/mol. The number of hydrogen-bond donors (Lipinski definition) is 0. The van der Waals surface area contributed by atoms with E-state index in [2.05, 4.69) is 96.9 Å². The summed E-state index contributed by atoms with van der Waals surface area (Å²) < 4.78 is 0. The number of fused-ring (bicyclic) bond motifs is 3. The molecule has 0 N–H and O–H groups in total. The first-order valence-electron chi connectivity index (χ1n) is 9.43. The number of halogens is 1. The van der Waals surface area contributed by atoms with E-state index in [1.54, 1.807) is 0 Å². The molecule has 136 valence electrons. The van der Waals surface area contributed by atoms with E-state index in [-0.39, 0.29) is 5.92 Å². The van der Waals surface area contributed by atoms with Gasteiger partial charge in [0.1, 0.15) is 0 Å². The summed E-state index contributed by atoms with van der Waals surface area (Å²) in [6.45, 7) is 2.15. The Morgan fingerprint density at radius 1 is 0.821 bits per heavy atom. The van der Waals surface area contributed by atoms with Crippen LogP contribution in [0.5, 0.6) is 0 Å². The van der Waals surface area contributed by atoms with E-state index in [4.69, 9.17) is 16.6 Å². The van der Waals surface area contributed by atoms with Crippen LogP contribution < -0.4 is 0 Å². The molecule has 3 heteroatoms. The van der Waals surface area contributed by atoms with Gasteiger partial charge in [0.05, 0.1) is 11.3 Å². The van der Waals surface area contributed by atoms with Gasteiger partial charge in [0.25, 0.3) is 0 Å². The van der Waals surface area contributed by atoms with Gasteiger partial charge < -0.3 is 0 Å². The molecule has 3 aromatic rings. The molecule has 2 nitrogen and oxygen atoms in total. The summed E-state index contributed by atoms with van der Waals surface area (Å²) in [5.74, 6) is 0.0379. The van der Waals surface area contributed by atoms with Crippen molar-refractivity contribution in [3.05, 3.63) is 102 Å². The highest BCUT2D eigenvalue weighted by Gasteiger charge is 2.43. The number of aliphatic imine (C=N–C) groups is 2. The predicted molar refractivity (Wildman–Crippen MR) is 118 cm³/mol. The Bertz CT molecular complexity index is 1140. The summed E-state index contributed by atoms with van der Waals surface area (Å²) in [6, 6.07) is 27.3. The Labute approximate surface area is 169 Å². The first-order chi connectivity index (χ1) is 13.6. The lowest BCUT2D eigenvalue weighted by Crippen LogP contribution is -2.40. The molecule has 0 radical (unpaired) electrons. The Kier molecular flexibility index (Phi) is 4.03. The molecule has 2 atom stereocenters. The Morgan fingerprint density at radius 3 is 2.39 bits per heavy atom. The van der Waals surface area contributed by atoms with Gasteiger partial charge in [-0.1, -0.05) is 84.9 Å². The average Bonchev–Trinajstić information content (AvgIpc) is 2.73. The minimum absolute atomic E-state index is 0.0379. The van der Waals surface area contributed by atoms with Crippen LogP contribution in [0.4, 0.5) is 0 Å². The van der Waals surface area contributed by atoms with Crippen molar-refractivity contribution in [1.82, 2.24) is 0 Å². The van der Waals surface area contributed by atoms with Crippen LogP contribution in [-0.4, -0.2) is 11.0 Å². The Hall–Kier alpha value is -2.97. The van der Waals surface area contributed by atoms with Gasteiger partial charge in [-0.15, -0.1) is 0 Å². The molecule has 28 heavy (non-hydrogen) atoms. The smallest absolute Gasteiger partial charge is 0.218 e. The summed E-state index contributed by atoms with van der Waals surface area (Å²) in [5.41, 5.74) is 6.32. The van der Waals surface area contributed by atoms with Gasteiger partial charge in [0, 0.05) is 5.92 Å². The number of rotatable bonds is 2. The zero-order chi connectivity index (χ0) is 19.1. The van der Waals surface area contributed by atoms with Crippen LogP contribution in [-0.2, 0) is 5.54 Å². The van der Waals surface area contributed by atoms with E-state index < -0.39 is 5.54 Å². The molecule has 0 fully saturated rings. The zero-order valence-corrected chi connectivity index (χ0v) is 16.3. The van der Waals surface area contributed by atoms with E-state index in [0.717, 1.165) is 11.3 Å². The van der Waals surface area contributed by atoms with E-state index in [1.165, 1.54) is 22.3 Å². The molecule has 0 bridgehead atoms. The molecule has 0 saturated carbocycles. The third-order valence-corrected chi connectivity index (χ3v) is 5.85. The Morgan fingerprint density at radius 2 is 1.54 bits per heavy atom. The third-order valence-electron chi connectivity index (χ3n) is 5.68. The maximum Gasteiger partial charge on any atom is 0.218 e. The van der Waals surface area contributed by atoms with Gasteiger partial charge >= 0.3 is 0 Å². The fourth-order valence-electron chi connectivity index (χ4n) is 4.26. The summed E-state index contributed by atoms with van der Waals surface area (Å²) in [5, 5.41) is 0.309. The van der Waals surface area contributed by atoms with Gasteiger partial charge in [-0.05, 0) is 52.4 Å². The molecule has 0 spiro atoms. The topological polar surface area (TPSA) is 24.7 Å². The van der Waals surface area contributed by atoms with Crippen molar-refractivity contribution in [2.75, 3.05) is 0 Å². The highest BCUT2D eigenvalue weighted by molar-refractivity contribution is 6.66.